The molecule has 2 nitrogen and oxygen atoms in total. The first-order valence-corrected chi connectivity index (χ1v) is 8.48. The van der Waals surface area contributed by atoms with Gasteiger partial charge in [0.15, 0.2) is 0 Å². The number of rotatable bonds is 2. The minimum absolute atomic E-state index is 0.474. The Hall–Kier alpha value is -1.52. The van der Waals surface area contributed by atoms with Crippen molar-refractivity contribution in [2.24, 2.45) is 11.5 Å². The van der Waals surface area contributed by atoms with Gasteiger partial charge in [-0.05, 0) is 54.7 Å². The Morgan fingerprint density at radius 2 is 1.68 bits per heavy atom. The van der Waals surface area contributed by atoms with Crippen LogP contribution in [0, 0.1) is 0 Å². The first-order chi connectivity index (χ1) is 10.6. The van der Waals surface area contributed by atoms with Crippen LogP contribution in [0.3, 0.4) is 0 Å². The van der Waals surface area contributed by atoms with E-state index in [1.165, 1.54) is 24.0 Å². The Morgan fingerprint density at radius 3 is 2.36 bits per heavy atom. The molecule has 0 fully saturated rings. The first kappa shape index (κ1) is 15.4. The molecule has 0 heterocycles. The third-order valence-corrected chi connectivity index (χ3v) is 5.21. The summed E-state index contributed by atoms with van der Waals surface area (Å²) < 4.78 is 0. The first-order valence-electron chi connectivity index (χ1n) is 7.66. The maximum absolute atomic E-state index is 5.81. The molecule has 0 saturated carbocycles. The minimum atomic E-state index is 0.474. The summed E-state index contributed by atoms with van der Waals surface area (Å²) in [5.41, 5.74) is 16.4. The van der Waals surface area contributed by atoms with Gasteiger partial charge in [0, 0.05) is 11.1 Å². The Morgan fingerprint density at radius 1 is 0.955 bits per heavy atom. The Kier molecular flexibility index (Phi) is 4.41. The molecule has 0 radical (unpaired) electrons. The number of allylic oxidation sites excluding steroid dienone is 2. The highest BCUT2D eigenvalue weighted by Gasteiger charge is 2.27. The van der Waals surface area contributed by atoms with Crippen LogP contribution in [0.25, 0.3) is 0 Å². The summed E-state index contributed by atoms with van der Waals surface area (Å²) in [7, 11) is 0. The van der Waals surface area contributed by atoms with Crippen molar-refractivity contribution in [3.63, 3.8) is 0 Å². The number of hydrogen-bond acceptors (Lipinski definition) is 2. The van der Waals surface area contributed by atoms with Gasteiger partial charge in [-0.2, -0.15) is 0 Å². The molecule has 0 spiro atoms. The second kappa shape index (κ2) is 6.31. The van der Waals surface area contributed by atoms with Gasteiger partial charge in [-0.15, -0.1) is 0 Å². The van der Waals surface area contributed by atoms with Crippen molar-refractivity contribution in [1.82, 2.24) is 0 Å². The molecule has 4 rings (SSSR count). The highest BCUT2D eigenvalue weighted by molar-refractivity contribution is 7.80. The predicted octanol–water partition coefficient (Wildman–Crippen LogP) is 3.84. The summed E-state index contributed by atoms with van der Waals surface area (Å²) in [6.45, 7) is 0. The lowest BCUT2D eigenvalue weighted by molar-refractivity contribution is 0.485. The van der Waals surface area contributed by atoms with Crippen LogP contribution in [-0.4, -0.2) is 9.98 Å². The summed E-state index contributed by atoms with van der Waals surface area (Å²) in [6.07, 6.45) is 10.8. The molecule has 2 atom stereocenters. The van der Waals surface area contributed by atoms with Gasteiger partial charge in [-0.1, -0.05) is 54.8 Å². The third kappa shape index (κ3) is 2.99. The average molecular weight is 329 g/mol. The lowest BCUT2D eigenvalue weighted by Crippen LogP contribution is -2.18. The van der Waals surface area contributed by atoms with E-state index in [1.54, 1.807) is 0 Å². The summed E-state index contributed by atoms with van der Waals surface area (Å²) in [6, 6.07) is 6.46. The van der Waals surface area contributed by atoms with Crippen molar-refractivity contribution in [3.05, 3.63) is 58.7 Å². The second-order valence-electron chi connectivity index (χ2n) is 6.08. The molecular formula is C18H20N2S2. The molecule has 114 valence electrons. The SMILES string of the molecule is NC(=S)C1=C\CC2CCC(C/C=C\1)c1cc(C(N)=S)ccc12. The zero-order valence-corrected chi connectivity index (χ0v) is 14.1. The second-order valence-corrected chi connectivity index (χ2v) is 6.96. The van der Waals surface area contributed by atoms with Gasteiger partial charge in [-0.3, -0.25) is 0 Å². The lowest BCUT2D eigenvalue weighted by atomic mass is 9.73. The van der Waals surface area contributed by atoms with Crippen molar-refractivity contribution >= 4 is 34.4 Å². The third-order valence-electron chi connectivity index (χ3n) is 4.74. The van der Waals surface area contributed by atoms with Crippen LogP contribution in [0.2, 0.25) is 0 Å². The van der Waals surface area contributed by atoms with Gasteiger partial charge in [0.05, 0.1) is 0 Å². The van der Waals surface area contributed by atoms with Crippen molar-refractivity contribution in [2.75, 3.05) is 0 Å². The molecule has 4 heteroatoms. The molecular weight excluding hydrogens is 308 g/mol. The van der Waals surface area contributed by atoms with Crippen LogP contribution in [0.4, 0.5) is 0 Å². The lowest BCUT2D eigenvalue weighted by Gasteiger charge is -2.32. The summed E-state index contributed by atoms with van der Waals surface area (Å²) in [5, 5.41) is 0. The highest BCUT2D eigenvalue weighted by atomic mass is 32.1. The van der Waals surface area contributed by atoms with E-state index in [9.17, 15) is 0 Å². The normalized spacial score (nSPS) is 27.4. The molecule has 2 bridgehead atoms. The maximum Gasteiger partial charge on any atom is 0.103 e. The van der Waals surface area contributed by atoms with E-state index in [0.29, 0.717) is 21.8 Å². The van der Waals surface area contributed by atoms with Crippen LogP contribution in [0.1, 0.15) is 54.2 Å². The van der Waals surface area contributed by atoms with Crippen molar-refractivity contribution in [1.29, 1.82) is 0 Å². The van der Waals surface area contributed by atoms with Crippen LogP contribution >= 0.6 is 24.4 Å². The molecule has 2 unspecified atom stereocenters. The fourth-order valence-electron chi connectivity index (χ4n) is 3.54. The van der Waals surface area contributed by atoms with E-state index in [-0.39, 0.29) is 0 Å². The molecule has 1 aromatic rings. The van der Waals surface area contributed by atoms with Crippen LogP contribution < -0.4 is 11.5 Å². The number of fused-ring (bicyclic) bond motifs is 4. The molecule has 0 aliphatic heterocycles. The Bertz CT molecular complexity index is 688. The predicted molar refractivity (Wildman–Crippen MR) is 100 cm³/mol. The molecule has 0 aromatic heterocycles. The van der Waals surface area contributed by atoms with Gasteiger partial charge in [-0.25, -0.2) is 0 Å². The molecule has 3 aliphatic carbocycles. The van der Waals surface area contributed by atoms with Gasteiger partial charge in [0.2, 0.25) is 0 Å². The van der Waals surface area contributed by atoms with E-state index < -0.39 is 0 Å². The zero-order chi connectivity index (χ0) is 15.7. The number of thiocarbonyl (C=S) groups is 2. The van der Waals surface area contributed by atoms with Gasteiger partial charge >= 0.3 is 0 Å². The molecule has 0 amide bonds. The van der Waals surface area contributed by atoms with E-state index >= 15 is 0 Å². The number of hydrogen-bond donors (Lipinski definition) is 2. The molecule has 0 saturated heterocycles. The maximum atomic E-state index is 5.81. The zero-order valence-electron chi connectivity index (χ0n) is 12.4. The Balaban J connectivity index is 2.04. The number of benzene rings is 1. The standard InChI is InChI=1S/C18H20N2S2/c19-17(21)13-3-1-2-11-4-5-12(6-7-13)15-9-8-14(18(20)22)10-16(11)15/h1,3,7-12H,2,4-6H2,(H2,19,21)(H2,20,22)/b3-1-,13-7-. The van der Waals surface area contributed by atoms with E-state index in [1.807, 2.05) is 0 Å². The van der Waals surface area contributed by atoms with Crippen LogP contribution in [-0.2, 0) is 0 Å². The van der Waals surface area contributed by atoms with Crippen molar-refractivity contribution in [3.8, 4) is 0 Å². The smallest absolute Gasteiger partial charge is 0.103 e. The number of nitrogens with two attached hydrogens (primary N) is 2. The fourth-order valence-corrected chi connectivity index (χ4v) is 3.81. The fraction of sp³-hybridized carbons (Fsp3) is 0.333. The molecule has 4 N–H and O–H groups in total. The Labute approximate surface area is 142 Å². The average Bonchev–Trinajstić information content (AvgIpc) is 2.52. The largest absolute Gasteiger partial charge is 0.389 e. The quantitative estimate of drug-likeness (QED) is 0.810. The van der Waals surface area contributed by atoms with E-state index in [2.05, 4.69) is 36.4 Å². The summed E-state index contributed by atoms with van der Waals surface area (Å²) >= 11 is 10.3. The van der Waals surface area contributed by atoms with Gasteiger partial charge in [0.1, 0.15) is 9.98 Å². The highest BCUT2D eigenvalue weighted by Crippen LogP contribution is 2.43. The molecule has 1 aromatic carbocycles. The monoisotopic (exact) mass is 328 g/mol. The van der Waals surface area contributed by atoms with E-state index in [0.717, 1.165) is 24.0 Å². The van der Waals surface area contributed by atoms with Crippen molar-refractivity contribution in [2.45, 2.75) is 37.5 Å². The van der Waals surface area contributed by atoms with Crippen LogP contribution in [0.15, 0.2) is 42.0 Å². The molecule has 3 aliphatic rings. The van der Waals surface area contributed by atoms with Crippen LogP contribution in [0.5, 0.6) is 0 Å². The van der Waals surface area contributed by atoms with Gasteiger partial charge in [0.25, 0.3) is 0 Å². The van der Waals surface area contributed by atoms with Crippen molar-refractivity contribution < 1.29 is 0 Å². The van der Waals surface area contributed by atoms with Gasteiger partial charge < -0.3 is 11.5 Å². The molecule has 22 heavy (non-hydrogen) atoms. The summed E-state index contributed by atoms with van der Waals surface area (Å²) in [5.74, 6) is 1.06. The topological polar surface area (TPSA) is 52.0 Å². The minimum Gasteiger partial charge on any atom is -0.389 e. The summed E-state index contributed by atoms with van der Waals surface area (Å²) in [4.78, 5) is 0.957. The van der Waals surface area contributed by atoms with E-state index in [4.69, 9.17) is 35.9 Å².